The van der Waals surface area contributed by atoms with E-state index in [0.29, 0.717) is 0 Å². The molecule has 0 saturated heterocycles. The molecule has 0 fully saturated rings. The van der Waals surface area contributed by atoms with Gasteiger partial charge in [0.05, 0.1) is 6.61 Å². The van der Waals surface area contributed by atoms with Crippen molar-refractivity contribution in [2.24, 2.45) is 0 Å². The van der Waals surface area contributed by atoms with Crippen LogP contribution in [0.2, 0.25) is 0 Å². The Hall–Kier alpha value is -0.630. The molecule has 1 aromatic rings. The van der Waals surface area contributed by atoms with E-state index < -0.39 is 0 Å². The predicted octanol–water partition coefficient (Wildman–Crippen LogP) is 2.82. The summed E-state index contributed by atoms with van der Waals surface area (Å²) >= 11 is 4.20. The van der Waals surface area contributed by atoms with Crippen molar-refractivity contribution >= 4 is 12.6 Å². The first-order chi connectivity index (χ1) is 5.77. The van der Waals surface area contributed by atoms with Crippen LogP contribution in [0.4, 0.5) is 0 Å². The molecule has 0 atom stereocenters. The number of aryl methyl sites for hydroxylation is 1. The number of thiol groups is 1. The van der Waals surface area contributed by atoms with Gasteiger partial charge in [-0.1, -0.05) is 12.1 Å². The third-order valence-corrected chi connectivity index (χ3v) is 2.09. The van der Waals surface area contributed by atoms with Crippen LogP contribution in [0.3, 0.4) is 0 Å². The molecule has 0 N–H and O–H groups in total. The summed E-state index contributed by atoms with van der Waals surface area (Å²) < 4.78 is 5.41. The highest BCUT2D eigenvalue weighted by molar-refractivity contribution is 7.79. The first-order valence-electron chi connectivity index (χ1n) is 4.11. The molecule has 0 aliphatic rings. The Morgan fingerprint density at radius 1 is 1.42 bits per heavy atom. The molecule has 0 saturated carbocycles. The van der Waals surface area contributed by atoms with E-state index in [1.807, 2.05) is 19.1 Å². The molecule has 12 heavy (non-hydrogen) atoms. The van der Waals surface area contributed by atoms with Crippen molar-refractivity contribution in [1.29, 1.82) is 0 Å². The predicted molar refractivity (Wildman–Crippen MR) is 55.0 cm³/mol. The summed E-state index contributed by atoms with van der Waals surface area (Å²) in [4.78, 5) is 0. The third-order valence-electron chi connectivity index (χ3n) is 1.72. The van der Waals surface area contributed by atoms with Gasteiger partial charge in [0.2, 0.25) is 0 Å². The molecule has 0 unspecified atom stereocenters. The molecule has 0 bridgehead atoms. The Labute approximate surface area is 79.2 Å². The van der Waals surface area contributed by atoms with E-state index in [2.05, 4.69) is 25.6 Å². The second-order valence-electron chi connectivity index (χ2n) is 2.69. The number of ether oxygens (including phenoxy) is 1. The van der Waals surface area contributed by atoms with Gasteiger partial charge in [0.1, 0.15) is 5.75 Å². The molecule has 0 aliphatic heterocycles. The van der Waals surface area contributed by atoms with E-state index in [4.69, 9.17) is 4.74 Å². The van der Waals surface area contributed by atoms with Crippen LogP contribution >= 0.6 is 12.6 Å². The molecule has 0 aromatic heterocycles. The first-order valence-corrected chi connectivity index (χ1v) is 4.74. The Morgan fingerprint density at radius 2 is 2.17 bits per heavy atom. The molecule has 0 heterocycles. The van der Waals surface area contributed by atoms with Gasteiger partial charge in [-0.05, 0) is 31.0 Å². The SMILES string of the molecule is CCOc1ccc(CS)cc1C. The Bertz CT molecular complexity index is 258. The molecule has 0 spiro atoms. The normalized spacial score (nSPS) is 9.92. The Morgan fingerprint density at radius 3 is 2.67 bits per heavy atom. The van der Waals surface area contributed by atoms with Crippen LogP contribution in [-0.4, -0.2) is 6.61 Å². The summed E-state index contributed by atoms with van der Waals surface area (Å²) in [7, 11) is 0. The largest absolute Gasteiger partial charge is 0.494 e. The lowest BCUT2D eigenvalue weighted by molar-refractivity contribution is 0.338. The van der Waals surface area contributed by atoms with Crippen LogP contribution in [0.25, 0.3) is 0 Å². The van der Waals surface area contributed by atoms with Crippen molar-refractivity contribution in [1.82, 2.24) is 0 Å². The van der Waals surface area contributed by atoms with Gasteiger partial charge in [0.25, 0.3) is 0 Å². The van der Waals surface area contributed by atoms with Gasteiger partial charge in [-0.15, -0.1) is 0 Å². The van der Waals surface area contributed by atoms with Gasteiger partial charge in [-0.3, -0.25) is 0 Å². The second kappa shape index (κ2) is 4.41. The quantitative estimate of drug-likeness (QED) is 0.707. The number of benzene rings is 1. The highest BCUT2D eigenvalue weighted by atomic mass is 32.1. The van der Waals surface area contributed by atoms with E-state index in [-0.39, 0.29) is 0 Å². The average Bonchev–Trinajstić information content (AvgIpc) is 2.09. The number of rotatable bonds is 3. The van der Waals surface area contributed by atoms with Gasteiger partial charge in [-0.25, -0.2) is 0 Å². The number of hydrogen-bond donors (Lipinski definition) is 1. The van der Waals surface area contributed by atoms with Crippen LogP contribution in [0.15, 0.2) is 18.2 Å². The zero-order valence-electron chi connectivity index (χ0n) is 7.50. The summed E-state index contributed by atoms with van der Waals surface area (Å²) in [6, 6.07) is 6.16. The van der Waals surface area contributed by atoms with Crippen LogP contribution < -0.4 is 4.74 Å². The lowest BCUT2D eigenvalue weighted by Crippen LogP contribution is -1.94. The Kier molecular flexibility index (Phi) is 3.48. The van der Waals surface area contributed by atoms with E-state index in [1.165, 1.54) is 11.1 Å². The standard InChI is InChI=1S/C10H14OS/c1-3-11-10-5-4-9(7-12)6-8(10)2/h4-6,12H,3,7H2,1-2H3. The minimum absolute atomic E-state index is 0.723. The van der Waals surface area contributed by atoms with Crippen molar-refractivity contribution in [3.05, 3.63) is 29.3 Å². The van der Waals surface area contributed by atoms with Crippen molar-refractivity contribution in [3.63, 3.8) is 0 Å². The second-order valence-corrected chi connectivity index (χ2v) is 3.01. The van der Waals surface area contributed by atoms with Crippen molar-refractivity contribution in [2.45, 2.75) is 19.6 Å². The zero-order chi connectivity index (χ0) is 8.97. The molecular weight excluding hydrogens is 168 g/mol. The van der Waals surface area contributed by atoms with Crippen molar-refractivity contribution in [2.75, 3.05) is 6.61 Å². The average molecular weight is 182 g/mol. The van der Waals surface area contributed by atoms with Crippen LogP contribution in [0.1, 0.15) is 18.1 Å². The lowest BCUT2D eigenvalue weighted by atomic mass is 10.1. The van der Waals surface area contributed by atoms with E-state index >= 15 is 0 Å². The molecule has 0 amide bonds. The fraction of sp³-hybridized carbons (Fsp3) is 0.400. The lowest BCUT2D eigenvalue weighted by Gasteiger charge is -2.07. The smallest absolute Gasteiger partial charge is 0.122 e. The number of hydrogen-bond acceptors (Lipinski definition) is 2. The molecule has 66 valence electrons. The summed E-state index contributed by atoms with van der Waals surface area (Å²) in [5.74, 6) is 1.76. The maximum atomic E-state index is 5.41. The van der Waals surface area contributed by atoms with E-state index in [9.17, 15) is 0 Å². The molecule has 1 aromatic carbocycles. The van der Waals surface area contributed by atoms with Gasteiger partial charge in [-0.2, -0.15) is 12.6 Å². The fourth-order valence-corrected chi connectivity index (χ4v) is 1.32. The molecule has 0 radical (unpaired) electrons. The summed E-state index contributed by atoms with van der Waals surface area (Å²) in [6.07, 6.45) is 0. The molecule has 1 nitrogen and oxygen atoms in total. The minimum atomic E-state index is 0.723. The topological polar surface area (TPSA) is 9.23 Å². The molecule has 0 aliphatic carbocycles. The summed E-state index contributed by atoms with van der Waals surface area (Å²) in [6.45, 7) is 4.77. The maximum Gasteiger partial charge on any atom is 0.122 e. The Balaban J connectivity index is 2.87. The van der Waals surface area contributed by atoms with Gasteiger partial charge in [0, 0.05) is 5.75 Å². The highest BCUT2D eigenvalue weighted by Crippen LogP contribution is 2.19. The molecular formula is C10H14OS. The van der Waals surface area contributed by atoms with Crippen molar-refractivity contribution in [3.8, 4) is 5.75 Å². The third kappa shape index (κ3) is 2.18. The van der Waals surface area contributed by atoms with E-state index in [1.54, 1.807) is 0 Å². The van der Waals surface area contributed by atoms with Gasteiger partial charge in [0.15, 0.2) is 0 Å². The monoisotopic (exact) mass is 182 g/mol. The van der Waals surface area contributed by atoms with E-state index in [0.717, 1.165) is 18.1 Å². The van der Waals surface area contributed by atoms with Gasteiger partial charge >= 0.3 is 0 Å². The maximum absolute atomic E-state index is 5.41. The van der Waals surface area contributed by atoms with Crippen LogP contribution in [0.5, 0.6) is 5.75 Å². The van der Waals surface area contributed by atoms with Crippen LogP contribution in [0, 0.1) is 6.92 Å². The fourth-order valence-electron chi connectivity index (χ4n) is 1.13. The molecule has 1 rings (SSSR count). The summed E-state index contributed by atoms with van der Waals surface area (Å²) in [5, 5.41) is 0. The highest BCUT2D eigenvalue weighted by Gasteiger charge is 1.98. The van der Waals surface area contributed by atoms with Crippen molar-refractivity contribution < 1.29 is 4.74 Å². The summed E-state index contributed by atoms with van der Waals surface area (Å²) in [5.41, 5.74) is 2.42. The minimum Gasteiger partial charge on any atom is -0.494 e. The molecule has 2 heteroatoms. The van der Waals surface area contributed by atoms with Gasteiger partial charge < -0.3 is 4.74 Å². The first kappa shape index (κ1) is 9.46. The zero-order valence-corrected chi connectivity index (χ0v) is 8.40. The van der Waals surface area contributed by atoms with Crippen LogP contribution in [-0.2, 0) is 5.75 Å².